The summed E-state index contributed by atoms with van der Waals surface area (Å²) in [4.78, 5) is 10.0. The van der Waals surface area contributed by atoms with E-state index in [1.165, 1.54) is 6.92 Å². The third-order valence-corrected chi connectivity index (χ3v) is 2.26. The van der Waals surface area contributed by atoms with E-state index in [-0.39, 0.29) is 0 Å². The maximum Gasteiger partial charge on any atom is 0.320 e. The molecule has 0 rings (SSSR count). The van der Waals surface area contributed by atoms with Crippen LogP contribution in [0.2, 0.25) is 0 Å². The molecular weight excluding hydrogens is 182 g/mol. The Labute approximate surface area is 70.8 Å². The number of carboxylic acids is 1. The molecular formula is C6H9NO4S. The van der Waals surface area contributed by atoms with Crippen LogP contribution in [-0.4, -0.2) is 31.3 Å². The quantitative estimate of drug-likeness (QED) is 0.559. The summed E-state index contributed by atoms with van der Waals surface area (Å²) >= 11 is 0. The summed E-state index contributed by atoms with van der Waals surface area (Å²) in [5, 5.41) is 8.16. The molecule has 12 heavy (non-hydrogen) atoms. The molecule has 5 nitrogen and oxygen atoms in total. The van der Waals surface area contributed by atoms with Gasteiger partial charge in [0.15, 0.2) is 5.75 Å². The number of hydrogen-bond donors (Lipinski definition) is 2. The third kappa shape index (κ3) is 4.71. The third-order valence-electron chi connectivity index (χ3n) is 0.920. The number of nitrogens with one attached hydrogen (secondary N) is 1. The molecule has 0 spiro atoms. The Kier molecular flexibility index (Phi) is 3.73. The highest BCUT2D eigenvalue weighted by atomic mass is 32.2. The number of carbonyl (C=O) groups is 1. The molecule has 0 aromatic heterocycles. The molecule has 0 aliphatic carbocycles. The molecule has 0 aliphatic heterocycles. The van der Waals surface area contributed by atoms with Crippen molar-refractivity contribution >= 4 is 16.0 Å². The second-order valence-corrected chi connectivity index (χ2v) is 3.91. The minimum absolute atomic E-state index is 0.686. The van der Waals surface area contributed by atoms with Crippen LogP contribution >= 0.6 is 0 Å². The van der Waals surface area contributed by atoms with Gasteiger partial charge < -0.3 is 5.11 Å². The molecule has 1 unspecified atom stereocenters. The molecule has 0 aromatic rings. The van der Waals surface area contributed by atoms with Crippen molar-refractivity contribution in [1.29, 1.82) is 0 Å². The van der Waals surface area contributed by atoms with E-state index in [0.717, 1.165) is 0 Å². The van der Waals surface area contributed by atoms with E-state index < -0.39 is 27.8 Å². The van der Waals surface area contributed by atoms with Crippen LogP contribution in [-0.2, 0) is 14.8 Å². The molecule has 0 heterocycles. The van der Waals surface area contributed by atoms with Gasteiger partial charge in [-0.3, -0.25) is 4.79 Å². The SMILES string of the molecule is C#CC(C)NS(=O)(=O)CC(=O)O. The fourth-order valence-electron chi connectivity index (χ4n) is 0.508. The zero-order chi connectivity index (χ0) is 9.78. The first kappa shape index (κ1) is 10.9. The van der Waals surface area contributed by atoms with E-state index in [1.807, 2.05) is 4.72 Å². The Hall–Kier alpha value is -1.06. The van der Waals surface area contributed by atoms with Crippen molar-refractivity contribution < 1.29 is 18.3 Å². The highest BCUT2D eigenvalue weighted by Crippen LogP contribution is 1.87. The van der Waals surface area contributed by atoms with E-state index >= 15 is 0 Å². The molecule has 0 fully saturated rings. The van der Waals surface area contributed by atoms with Crippen molar-refractivity contribution in [2.75, 3.05) is 5.75 Å². The van der Waals surface area contributed by atoms with Gasteiger partial charge in [0, 0.05) is 0 Å². The molecule has 0 amide bonds. The highest BCUT2D eigenvalue weighted by Gasteiger charge is 2.16. The zero-order valence-corrected chi connectivity index (χ0v) is 7.26. The van der Waals surface area contributed by atoms with Crippen LogP contribution < -0.4 is 4.72 Å². The summed E-state index contributed by atoms with van der Waals surface area (Å²) in [7, 11) is -3.78. The van der Waals surface area contributed by atoms with Crippen LogP contribution in [0.25, 0.3) is 0 Å². The van der Waals surface area contributed by atoms with Crippen LogP contribution in [0.5, 0.6) is 0 Å². The van der Waals surface area contributed by atoms with Crippen LogP contribution in [0.1, 0.15) is 6.92 Å². The lowest BCUT2D eigenvalue weighted by Crippen LogP contribution is -2.35. The van der Waals surface area contributed by atoms with Gasteiger partial charge >= 0.3 is 5.97 Å². The molecule has 0 aromatic carbocycles. The molecule has 68 valence electrons. The van der Waals surface area contributed by atoms with Gasteiger partial charge in [0.2, 0.25) is 10.0 Å². The van der Waals surface area contributed by atoms with E-state index in [2.05, 4.69) is 5.92 Å². The summed E-state index contributed by atoms with van der Waals surface area (Å²) in [6.07, 6.45) is 4.89. The van der Waals surface area contributed by atoms with Crippen LogP contribution in [0.3, 0.4) is 0 Å². The molecule has 6 heteroatoms. The Morgan fingerprint density at radius 3 is 2.58 bits per heavy atom. The second-order valence-electron chi connectivity index (χ2n) is 2.16. The number of rotatable bonds is 4. The van der Waals surface area contributed by atoms with Crippen molar-refractivity contribution in [3.8, 4) is 12.3 Å². The molecule has 0 saturated heterocycles. The monoisotopic (exact) mass is 191 g/mol. The Balaban J connectivity index is 4.27. The van der Waals surface area contributed by atoms with Crippen LogP contribution in [0.4, 0.5) is 0 Å². The number of sulfonamides is 1. The maximum atomic E-state index is 10.8. The van der Waals surface area contributed by atoms with Crippen LogP contribution in [0, 0.1) is 12.3 Å². The van der Waals surface area contributed by atoms with Gasteiger partial charge in [-0.2, -0.15) is 0 Å². The van der Waals surface area contributed by atoms with Gasteiger partial charge in [0.25, 0.3) is 0 Å². The van der Waals surface area contributed by atoms with E-state index in [9.17, 15) is 13.2 Å². The van der Waals surface area contributed by atoms with Gasteiger partial charge in [0.1, 0.15) is 0 Å². The topological polar surface area (TPSA) is 83.5 Å². The predicted octanol–water partition coefficient (Wildman–Crippen LogP) is -0.988. The van der Waals surface area contributed by atoms with Crippen molar-refractivity contribution in [3.05, 3.63) is 0 Å². The standard InChI is InChI=1S/C6H9NO4S/c1-3-5(2)7-12(10,11)4-6(8)9/h1,5,7H,4H2,2H3,(H,8,9). The lowest BCUT2D eigenvalue weighted by Gasteiger charge is -2.05. The van der Waals surface area contributed by atoms with Gasteiger partial charge in [-0.1, -0.05) is 5.92 Å². The summed E-state index contributed by atoms with van der Waals surface area (Å²) in [6, 6.07) is -0.686. The van der Waals surface area contributed by atoms with Crippen molar-refractivity contribution in [2.45, 2.75) is 13.0 Å². The molecule has 2 N–H and O–H groups in total. The lowest BCUT2D eigenvalue weighted by molar-refractivity contribution is -0.134. The summed E-state index contributed by atoms with van der Waals surface area (Å²) < 4.78 is 23.6. The van der Waals surface area contributed by atoms with E-state index in [4.69, 9.17) is 11.5 Å². The number of carboxylic acid groups (broad SMARTS) is 1. The summed E-state index contributed by atoms with van der Waals surface area (Å²) in [5.41, 5.74) is 0. The first-order valence-electron chi connectivity index (χ1n) is 3.05. The Morgan fingerprint density at radius 1 is 1.75 bits per heavy atom. The first-order chi connectivity index (χ1) is 5.37. The van der Waals surface area contributed by atoms with E-state index in [1.54, 1.807) is 0 Å². The summed E-state index contributed by atoms with van der Waals surface area (Å²) in [5.74, 6) is -0.259. The fourth-order valence-corrected chi connectivity index (χ4v) is 1.52. The van der Waals surface area contributed by atoms with Gasteiger partial charge in [0.05, 0.1) is 6.04 Å². The minimum Gasteiger partial charge on any atom is -0.480 e. The molecule has 0 radical (unpaired) electrons. The normalized spacial score (nSPS) is 13.3. The summed E-state index contributed by atoms with van der Waals surface area (Å²) in [6.45, 7) is 1.44. The van der Waals surface area contributed by atoms with Crippen molar-refractivity contribution in [1.82, 2.24) is 4.72 Å². The average molecular weight is 191 g/mol. The predicted molar refractivity (Wildman–Crippen MR) is 42.9 cm³/mol. The molecule has 1 atom stereocenters. The Morgan fingerprint density at radius 2 is 2.25 bits per heavy atom. The van der Waals surface area contributed by atoms with Gasteiger partial charge in [-0.05, 0) is 6.92 Å². The zero-order valence-electron chi connectivity index (χ0n) is 6.44. The largest absolute Gasteiger partial charge is 0.480 e. The first-order valence-corrected chi connectivity index (χ1v) is 4.70. The van der Waals surface area contributed by atoms with Crippen molar-refractivity contribution in [3.63, 3.8) is 0 Å². The van der Waals surface area contributed by atoms with Gasteiger partial charge in [-0.15, -0.1) is 6.42 Å². The second kappa shape index (κ2) is 4.09. The highest BCUT2D eigenvalue weighted by molar-refractivity contribution is 7.90. The maximum absolute atomic E-state index is 10.8. The molecule has 0 saturated carbocycles. The average Bonchev–Trinajstić information content (AvgIpc) is 1.83. The number of terminal acetylenes is 1. The fraction of sp³-hybridized carbons (Fsp3) is 0.500. The van der Waals surface area contributed by atoms with Gasteiger partial charge in [-0.25, -0.2) is 13.1 Å². The number of hydrogen-bond acceptors (Lipinski definition) is 3. The molecule has 0 bridgehead atoms. The lowest BCUT2D eigenvalue weighted by atomic mass is 10.4. The van der Waals surface area contributed by atoms with Crippen molar-refractivity contribution in [2.24, 2.45) is 0 Å². The van der Waals surface area contributed by atoms with E-state index in [0.29, 0.717) is 0 Å². The number of aliphatic carboxylic acids is 1. The molecule has 0 aliphatic rings. The van der Waals surface area contributed by atoms with Crippen LogP contribution in [0.15, 0.2) is 0 Å². The smallest absolute Gasteiger partial charge is 0.320 e. The Bertz CT molecular complexity index is 300. The minimum atomic E-state index is -3.78.